The summed E-state index contributed by atoms with van der Waals surface area (Å²) in [5.41, 5.74) is 3.60. The molecule has 1 atom stereocenters. The van der Waals surface area contributed by atoms with Gasteiger partial charge in [-0.15, -0.1) is 0 Å². The van der Waals surface area contributed by atoms with Crippen molar-refractivity contribution in [3.8, 4) is 0 Å². The van der Waals surface area contributed by atoms with Gasteiger partial charge in [0.2, 0.25) is 11.8 Å². The van der Waals surface area contributed by atoms with Crippen LogP contribution in [-0.4, -0.2) is 36.9 Å². The second-order valence-corrected chi connectivity index (χ2v) is 7.44. The summed E-state index contributed by atoms with van der Waals surface area (Å²) in [6.45, 7) is 1.95. The van der Waals surface area contributed by atoms with Crippen LogP contribution in [0.3, 0.4) is 0 Å². The molecule has 0 fully saturated rings. The zero-order valence-electron chi connectivity index (χ0n) is 17.6. The predicted octanol–water partition coefficient (Wildman–Crippen LogP) is 3.91. The zero-order chi connectivity index (χ0) is 22.2. The van der Waals surface area contributed by atoms with E-state index >= 15 is 0 Å². The third-order valence-corrected chi connectivity index (χ3v) is 4.94. The maximum atomic E-state index is 13.4. The van der Waals surface area contributed by atoms with Crippen molar-refractivity contribution in [2.45, 2.75) is 13.0 Å². The van der Waals surface area contributed by atoms with Crippen LogP contribution < -0.4 is 10.6 Å². The van der Waals surface area contributed by atoms with Crippen molar-refractivity contribution < 1.29 is 14.0 Å². The first-order valence-corrected chi connectivity index (χ1v) is 10.1. The van der Waals surface area contributed by atoms with Crippen LogP contribution in [0.25, 0.3) is 0 Å². The van der Waals surface area contributed by atoms with Gasteiger partial charge in [0.05, 0.1) is 19.1 Å². The summed E-state index contributed by atoms with van der Waals surface area (Å²) in [6.07, 6.45) is 0. The van der Waals surface area contributed by atoms with E-state index in [2.05, 4.69) is 10.6 Å². The molecule has 0 spiro atoms. The highest BCUT2D eigenvalue weighted by Gasteiger charge is 2.18. The Morgan fingerprint density at radius 3 is 2.16 bits per heavy atom. The summed E-state index contributed by atoms with van der Waals surface area (Å²) < 4.78 is 13.4. The Labute approximate surface area is 181 Å². The van der Waals surface area contributed by atoms with Gasteiger partial charge in [0, 0.05) is 12.7 Å². The number of aryl methyl sites for hydroxylation is 1. The molecule has 5 nitrogen and oxygen atoms in total. The topological polar surface area (TPSA) is 61.4 Å². The Bertz CT molecular complexity index is 1010. The molecule has 0 saturated carbocycles. The minimum atomic E-state index is -0.314. The second kappa shape index (κ2) is 10.5. The standard InChI is InChI=1S/C25H26FN3O2/c1-18-8-14-22(15-9-18)28-23(30)17-29(2)24(31)16-27-25(19-6-4-3-5-7-19)20-10-12-21(26)13-11-20/h3-15,25,27H,16-17H2,1-2H3,(H,28,30). The first-order valence-electron chi connectivity index (χ1n) is 10.1. The van der Waals surface area contributed by atoms with Gasteiger partial charge in [-0.3, -0.25) is 14.9 Å². The monoisotopic (exact) mass is 419 g/mol. The van der Waals surface area contributed by atoms with Crippen molar-refractivity contribution in [1.29, 1.82) is 0 Å². The largest absolute Gasteiger partial charge is 0.335 e. The quantitative estimate of drug-likeness (QED) is 0.582. The highest BCUT2D eigenvalue weighted by atomic mass is 19.1. The Balaban J connectivity index is 1.60. The van der Waals surface area contributed by atoms with Crippen molar-refractivity contribution in [2.75, 3.05) is 25.5 Å². The van der Waals surface area contributed by atoms with Crippen LogP contribution in [0, 0.1) is 12.7 Å². The molecule has 31 heavy (non-hydrogen) atoms. The Hall–Kier alpha value is -3.51. The van der Waals surface area contributed by atoms with E-state index in [0.29, 0.717) is 5.69 Å². The van der Waals surface area contributed by atoms with E-state index in [1.807, 2.05) is 61.5 Å². The number of hydrogen-bond acceptors (Lipinski definition) is 3. The van der Waals surface area contributed by atoms with Crippen LogP contribution in [0.2, 0.25) is 0 Å². The van der Waals surface area contributed by atoms with Crippen LogP contribution >= 0.6 is 0 Å². The van der Waals surface area contributed by atoms with Crippen molar-refractivity contribution in [3.63, 3.8) is 0 Å². The van der Waals surface area contributed by atoms with E-state index in [1.165, 1.54) is 17.0 Å². The fraction of sp³-hybridized carbons (Fsp3) is 0.200. The number of carbonyl (C=O) groups is 2. The van der Waals surface area contributed by atoms with Gasteiger partial charge in [0.15, 0.2) is 0 Å². The minimum absolute atomic E-state index is 0.0330. The summed E-state index contributed by atoms with van der Waals surface area (Å²) in [7, 11) is 1.59. The summed E-state index contributed by atoms with van der Waals surface area (Å²) in [6, 6.07) is 23.0. The SMILES string of the molecule is Cc1ccc(NC(=O)CN(C)C(=O)CNC(c2ccccc2)c2ccc(F)cc2)cc1. The minimum Gasteiger partial charge on any atom is -0.335 e. The molecule has 2 amide bonds. The lowest BCUT2D eigenvalue weighted by Gasteiger charge is -2.22. The van der Waals surface area contributed by atoms with Gasteiger partial charge in [0.25, 0.3) is 0 Å². The summed E-state index contributed by atoms with van der Waals surface area (Å²) in [5.74, 6) is -0.800. The molecular formula is C25H26FN3O2. The molecule has 1 unspecified atom stereocenters. The number of hydrogen-bond donors (Lipinski definition) is 2. The third-order valence-electron chi connectivity index (χ3n) is 4.94. The number of rotatable bonds is 8. The van der Waals surface area contributed by atoms with Crippen molar-refractivity contribution >= 4 is 17.5 Å². The van der Waals surface area contributed by atoms with Crippen LogP contribution in [0.4, 0.5) is 10.1 Å². The molecule has 0 aliphatic rings. The molecule has 2 N–H and O–H groups in total. The molecule has 0 aliphatic carbocycles. The molecule has 0 saturated heterocycles. The van der Waals surface area contributed by atoms with Gasteiger partial charge < -0.3 is 10.2 Å². The predicted molar refractivity (Wildman–Crippen MR) is 120 cm³/mol. The molecule has 3 aromatic rings. The van der Waals surface area contributed by atoms with E-state index in [0.717, 1.165) is 16.7 Å². The molecule has 0 aromatic heterocycles. The number of amides is 2. The molecule has 0 aliphatic heterocycles. The van der Waals surface area contributed by atoms with Crippen LogP contribution in [-0.2, 0) is 9.59 Å². The lowest BCUT2D eigenvalue weighted by molar-refractivity contribution is -0.132. The molecule has 3 aromatic carbocycles. The fourth-order valence-corrected chi connectivity index (χ4v) is 3.19. The maximum absolute atomic E-state index is 13.4. The number of benzene rings is 3. The maximum Gasteiger partial charge on any atom is 0.243 e. The molecule has 160 valence electrons. The summed E-state index contributed by atoms with van der Waals surface area (Å²) in [5, 5.41) is 6.02. The van der Waals surface area contributed by atoms with E-state index < -0.39 is 0 Å². The van der Waals surface area contributed by atoms with Gasteiger partial charge in [-0.2, -0.15) is 0 Å². The smallest absolute Gasteiger partial charge is 0.243 e. The number of anilines is 1. The van der Waals surface area contributed by atoms with Crippen LogP contribution in [0.15, 0.2) is 78.9 Å². The number of halogens is 1. The third kappa shape index (κ3) is 6.49. The average Bonchev–Trinajstić information content (AvgIpc) is 2.77. The van der Waals surface area contributed by atoms with Crippen molar-refractivity contribution in [3.05, 3.63) is 101 Å². The first kappa shape index (κ1) is 22.2. The van der Waals surface area contributed by atoms with Crippen LogP contribution in [0.1, 0.15) is 22.7 Å². The first-order chi connectivity index (χ1) is 14.9. The van der Waals surface area contributed by atoms with Crippen molar-refractivity contribution in [2.24, 2.45) is 0 Å². The van der Waals surface area contributed by atoms with Gasteiger partial charge in [-0.1, -0.05) is 60.2 Å². The van der Waals surface area contributed by atoms with E-state index in [-0.39, 0.29) is 36.8 Å². The van der Waals surface area contributed by atoms with Gasteiger partial charge in [-0.25, -0.2) is 4.39 Å². The number of nitrogens with zero attached hydrogens (tertiary/aromatic N) is 1. The lowest BCUT2D eigenvalue weighted by atomic mass is 9.98. The summed E-state index contributed by atoms with van der Waals surface area (Å²) >= 11 is 0. The molecule has 6 heteroatoms. The molecule has 0 heterocycles. The number of carbonyl (C=O) groups excluding carboxylic acids is 2. The number of likely N-dealkylation sites (N-methyl/N-ethyl adjacent to an activating group) is 1. The average molecular weight is 420 g/mol. The molecule has 0 bridgehead atoms. The fourth-order valence-electron chi connectivity index (χ4n) is 3.19. The summed E-state index contributed by atoms with van der Waals surface area (Å²) in [4.78, 5) is 26.3. The highest BCUT2D eigenvalue weighted by Crippen LogP contribution is 2.22. The van der Waals surface area contributed by atoms with E-state index in [1.54, 1.807) is 19.2 Å². The molecular weight excluding hydrogens is 393 g/mol. The van der Waals surface area contributed by atoms with E-state index in [4.69, 9.17) is 0 Å². The lowest BCUT2D eigenvalue weighted by Crippen LogP contribution is -2.41. The zero-order valence-corrected chi connectivity index (χ0v) is 17.6. The highest BCUT2D eigenvalue weighted by molar-refractivity contribution is 5.94. The van der Waals surface area contributed by atoms with Gasteiger partial charge in [-0.05, 0) is 42.3 Å². The van der Waals surface area contributed by atoms with E-state index in [9.17, 15) is 14.0 Å². The van der Waals surface area contributed by atoms with Crippen molar-refractivity contribution in [1.82, 2.24) is 10.2 Å². The Kier molecular flexibility index (Phi) is 7.51. The molecule has 3 rings (SSSR count). The van der Waals surface area contributed by atoms with Gasteiger partial charge >= 0.3 is 0 Å². The Morgan fingerprint density at radius 1 is 0.903 bits per heavy atom. The van der Waals surface area contributed by atoms with Crippen LogP contribution in [0.5, 0.6) is 0 Å². The van der Waals surface area contributed by atoms with Gasteiger partial charge in [0.1, 0.15) is 5.82 Å². The second-order valence-electron chi connectivity index (χ2n) is 7.44. The normalized spacial score (nSPS) is 11.6. The number of nitrogens with one attached hydrogen (secondary N) is 2. The molecule has 0 radical (unpaired) electrons. The Morgan fingerprint density at radius 2 is 1.52 bits per heavy atom.